The zero-order chi connectivity index (χ0) is 20.8. The van der Waals surface area contributed by atoms with Gasteiger partial charge < -0.3 is 10.6 Å². The third-order valence-electron chi connectivity index (χ3n) is 5.07. The molecule has 0 saturated carbocycles. The summed E-state index contributed by atoms with van der Waals surface area (Å²) >= 11 is 5.26. The molecule has 4 amide bonds. The third kappa shape index (κ3) is 3.01. The summed E-state index contributed by atoms with van der Waals surface area (Å²) < 4.78 is 26.9. The second kappa shape index (κ2) is 6.89. The van der Waals surface area contributed by atoms with Crippen molar-refractivity contribution in [1.82, 2.24) is 21.3 Å². The zero-order valence-electron chi connectivity index (χ0n) is 14.7. The number of hydrogen-bond donors (Lipinski definition) is 4. The van der Waals surface area contributed by atoms with Gasteiger partial charge in [-0.3, -0.25) is 20.2 Å². The Kier molecular flexibility index (Phi) is 4.50. The first-order valence-corrected chi connectivity index (χ1v) is 8.98. The average molecular weight is 416 g/mol. The number of carbonyl (C=O) groups is 3. The number of rotatable bonds is 2. The van der Waals surface area contributed by atoms with Crippen LogP contribution < -0.4 is 21.3 Å². The Morgan fingerprint density at radius 3 is 1.48 bits per heavy atom. The molecule has 148 valence electrons. The lowest BCUT2D eigenvalue weighted by Gasteiger charge is -2.49. The normalized spacial score (nSPS) is 23.1. The van der Waals surface area contributed by atoms with Crippen LogP contribution in [0.3, 0.4) is 0 Å². The van der Waals surface area contributed by atoms with Gasteiger partial charge in [0.05, 0.1) is 12.1 Å². The fourth-order valence-electron chi connectivity index (χ4n) is 3.77. The monoisotopic (exact) mass is 416 g/mol. The molecule has 1 spiro atoms. The predicted octanol–water partition coefficient (Wildman–Crippen LogP) is 1.58. The molecule has 0 aliphatic carbocycles. The minimum atomic E-state index is -1.91. The van der Waals surface area contributed by atoms with Crippen LogP contribution in [0.25, 0.3) is 0 Å². The van der Waals surface area contributed by atoms with Crippen LogP contribution in [0.15, 0.2) is 48.5 Å². The van der Waals surface area contributed by atoms with Crippen molar-refractivity contribution in [2.24, 2.45) is 5.41 Å². The first kappa shape index (κ1) is 18.9. The van der Waals surface area contributed by atoms with Gasteiger partial charge >= 0.3 is 6.03 Å². The highest BCUT2D eigenvalue weighted by Gasteiger charge is 2.63. The molecule has 0 radical (unpaired) electrons. The second-order valence-electron chi connectivity index (χ2n) is 6.69. The second-order valence-corrected chi connectivity index (χ2v) is 7.10. The first-order valence-electron chi connectivity index (χ1n) is 8.57. The van der Waals surface area contributed by atoms with Gasteiger partial charge in [-0.15, -0.1) is 0 Å². The molecule has 0 bridgehead atoms. The summed E-state index contributed by atoms with van der Waals surface area (Å²) in [6.07, 6.45) is 0. The molecule has 7 nitrogen and oxygen atoms in total. The van der Waals surface area contributed by atoms with Crippen molar-refractivity contribution in [3.8, 4) is 0 Å². The molecular weight excluding hydrogens is 402 g/mol. The summed E-state index contributed by atoms with van der Waals surface area (Å²) in [4.78, 5) is 38.0. The number of benzene rings is 2. The van der Waals surface area contributed by atoms with E-state index in [2.05, 4.69) is 21.3 Å². The van der Waals surface area contributed by atoms with Crippen molar-refractivity contribution in [2.45, 2.75) is 12.1 Å². The number of imide groups is 2. The zero-order valence-corrected chi connectivity index (χ0v) is 15.5. The lowest BCUT2D eigenvalue weighted by Crippen LogP contribution is -2.73. The molecule has 0 aromatic heterocycles. The number of nitrogens with one attached hydrogen (secondary N) is 4. The van der Waals surface area contributed by atoms with E-state index >= 15 is 0 Å². The Morgan fingerprint density at radius 1 is 0.724 bits per heavy atom. The van der Waals surface area contributed by atoms with Crippen LogP contribution in [0.5, 0.6) is 0 Å². The summed E-state index contributed by atoms with van der Waals surface area (Å²) in [6.45, 7) is 0. The van der Waals surface area contributed by atoms with Crippen LogP contribution >= 0.6 is 12.2 Å². The van der Waals surface area contributed by atoms with E-state index in [1.54, 1.807) is 0 Å². The van der Waals surface area contributed by atoms with Gasteiger partial charge in [0.15, 0.2) is 10.5 Å². The van der Waals surface area contributed by atoms with Crippen LogP contribution in [-0.2, 0) is 9.59 Å². The lowest BCUT2D eigenvalue weighted by molar-refractivity contribution is -0.149. The standard InChI is InChI=1S/C19H14F2N4O3S/c20-11-5-1-9(2-6-11)13-19(15(26)24-17(28)25-16(19)27)14(23-18(29)22-13)10-3-7-12(21)8-4-10/h1-8,13-14H,(H2,22,23,29)(H2,24,25,26,27,28)/t13-,14-/m0/s1. The molecule has 2 aliphatic rings. The smallest absolute Gasteiger partial charge is 0.328 e. The van der Waals surface area contributed by atoms with Gasteiger partial charge in [-0.1, -0.05) is 24.3 Å². The van der Waals surface area contributed by atoms with Gasteiger partial charge in [0.2, 0.25) is 11.8 Å². The highest BCUT2D eigenvalue weighted by Crippen LogP contribution is 2.48. The highest BCUT2D eigenvalue weighted by atomic mass is 32.1. The third-order valence-corrected chi connectivity index (χ3v) is 5.31. The molecular formula is C19H14F2N4O3S. The van der Waals surface area contributed by atoms with Gasteiger partial charge in [0.1, 0.15) is 11.6 Å². The Balaban J connectivity index is 1.93. The molecule has 2 aliphatic heterocycles. The Bertz CT molecular complexity index is 947. The van der Waals surface area contributed by atoms with E-state index in [1.807, 2.05) is 0 Å². The highest BCUT2D eigenvalue weighted by molar-refractivity contribution is 7.80. The Labute approximate surface area is 168 Å². The van der Waals surface area contributed by atoms with Crippen molar-refractivity contribution in [3.05, 3.63) is 71.3 Å². The first-order chi connectivity index (χ1) is 13.8. The van der Waals surface area contributed by atoms with Crippen molar-refractivity contribution >= 4 is 35.2 Å². The molecule has 2 saturated heterocycles. The molecule has 4 rings (SSSR count). The number of urea groups is 1. The molecule has 2 aromatic rings. The van der Waals surface area contributed by atoms with Crippen LogP contribution in [-0.4, -0.2) is 23.0 Å². The summed E-state index contributed by atoms with van der Waals surface area (Å²) in [6, 6.07) is 7.42. The van der Waals surface area contributed by atoms with Crippen LogP contribution in [0, 0.1) is 17.0 Å². The molecule has 0 unspecified atom stereocenters. The maximum atomic E-state index is 13.5. The van der Waals surface area contributed by atoms with Crippen LogP contribution in [0.2, 0.25) is 0 Å². The predicted molar refractivity (Wildman–Crippen MR) is 101 cm³/mol. The molecule has 4 N–H and O–H groups in total. The quantitative estimate of drug-likeness (QED) is 0.438. The summed E-state index contributed by atoms with van der Waals surface area (Å²) in [5.41, 5.74) is -1.10. The number of amides is 4. The van der Waals surface area contributed by atoms with Gasteiger partial charge in [-0.25, -0.2) is 13.6 Å². The topological polar surface area (TPSA) is 99.3 Å². The molecule has 2 heterocycles. The van der Waals surface area contributed by atoms with Crippen molar-refractivity contribution in [2.75, 3.05) is 0 Å². The van der Waals surface area contributed by atoms with Gasteiger partial charge in [-0.2, -0.15) is 0 Å². The van der Waals surface area contributed by atoms with Crippen molar-refractivity contribution in [1.29, 1.82) is 0 Å². The largest absolute Gasteiger partial charge is 0.354 e. The number of thiocarbonyl (C=S) groups is 1. The molecule has 10 heteroatoms. The van der Waals surface area contributed by atoms with E-state index < -0.39 is 47.0 Å². The minimum Gasteiger partial charge on any atom is -0.354 e. The SMILES string of the molecule is O=C1NC(=O)C2(C(=O)N1)[C@H](c1ccc(F)cc1)NC(=S)N[C@H]2c1ccc(F)cc1. The van der Waals surface area contributed by atoms with E-state index in [9.17, 15) is 23.2 Å². The van der Waals surface area contributed by atoms with E-state index in [0.29, 0.717) is 11.1 Å². The van der Waals surface area contributed by atoms with Crippen molar-refractivity contribution in [3.63, 3.8) is 0 Å². The fraction of sp³-hybridized carbons (Fsp3) is 0.158. The van der Waals surface area contributed by atoms with Crippen LogP contribution in [0.4, 0.5) is 13.6 Å². The summed E-state index contributed by atoms with van der Waals surface area (Å²) in [5.74, 6) is -2.72. The fourth-order valence-corrected chi connectivity index (χ4v) is 4.01. The van der Waals surface area contributed by atoms with Crippen LogP contribution in [0.1, 0.15) is 23.2 Å². The Hall–Kier alpha value is -3.40. The number of halogens is 2. The number of hydrogen-bond acceptors (Lipinski definition) is 4. The Morgan fingerprint density at radius 2 is 1.10 bits per heavy atom. The van der Waals surface area contributed by atoms with Crippen molar-refractivity contribution < 1.29 is 23.2 Å². The van der Waals surface area contributed by atoms with Gasteiger partial charge in [-0.05, 0) is 47.6 Å². The van der Waals surface area contributed by atoms with E-state index in [-0.39, 0.29) is 5.11 Å². The maximum Gasteiger partial charge on any atom is 0.328 e. The average Bonchev–Trinajstić information content (AvgIpc) is 2.67. The number of barbiturate groups is 1. The lowest BCUT2D eigenvalue weighted by atomic mass is 9.65. The molecule has 29 heavy (non-hydrogen) atoms. The molecule has 2 aromatic carbocycles. The van der Waals surface area contributed by atoms with Gasteiger partial charge in [0, 0.05) is 0 Å². The van der Waals surface area contributed by atoms with E-state index in [0.717, 1.165) is 0 Å². The number of carbonyl (C=O) groups excluding carboxylic acids is 3. The van der Waals surface area contributed by atoms with E-state index in [4.69, 9.17) is 12.2 Å². The molecule has 2 fully saturated rings. The summed E-state index contributed by atoms with van der Waals surface area (Å²) in [7, 11) is 0. The minimum absolute atomic E-state index is 0.136. The molecule has 2 atom stereocenters. The maximum absolute atomic E-state index is 13.5. The van der Waals surface area contributed by atoms with Gasteiger partial charge in [0.25, 0.3) is 0 Å². The van der Waals surface area contributed by atoms with E-state index in [1.165, 1.54) is 48.5 Å². The summed E-state index contributed by atoms with van der Waals surface area (Å²) in [5, 5.41) is 10.2.